The van der Waals surface area contributed by atoms with Crippen molar-refractivity contribution in [2.75, 3.05) is 14.2 Å². The molecular weight excluding hydrogens is 473 g/mol. The standard InChI is InChI=1S/C16H22F2N6O2.HI/c1-10-22-23-14(24(10)3)9-21-16(19-2)20-8-11-7-12(25-4)5-6-13(11)26-15(17)18;/h5-7,15H,8-9H2,1-4H3,(H2,19,20,21);1H. The van der Waals surface area contributed by atoms with Crippen molar-refractivity contribution in [1.29, 1.82) is 0 Å². The number of benzene rings is 1. The summed E-state index contributed by atoms with van der Waals surface area (Å²) in [7, 11) is 4.98. The molecule has 150 valence electrons. The second-order valence-electron chi connectivity index (χ2n) is 5.35. The lowest BCUT2D eigenvalue weighted by molar-refractivity contribution is -0.0504. The molecule has 0 saturated heterocycles. The van der Waals surface area contributed by atoms with Gasteiger partial charge in [-0.25, -0.2) is 0 Å². The number of methoxy groups -OCH3 is 1. The number of rotatable bonds is 7. The fraction of sp³-hybridized carbons (Fsp3) is 0.438. The van der Waals surface area contributed by atoms with Gasteiger partial charge in [-0.15, -0.1) is 34.2 Å². The van der Waals surface area contributed by atoms with Gasteiger partial charge in [0, 0.05) is 26.2 Å². The highest BCUT2D eigenvalue weighted by molar-refractivity contribution is 14.0. The molecule has 0 atom stereocenters. The Hall–Kier alpha value is -2.18. The van der Waals surface area contributed by atoms with E-state index < -0.39 is 6.61 Å². The Kier molecular flexibility index (Phi) is 9.18. The van der Waals surface area contributed by atoms with Gasteiger partial charge in [-0.1, -0.05) is 0 Å². The smallest absolute Gasteiger partial charge is 0.387 e. The van der Waals surface area contributed by atoms with E-state index >= 15 is 0 Å². The number of ether oxygens (including phenoxy) is 2. The van der Waals surface area contributed by atoms with Gasteiger partial charge in [0.15, 0.2) is 11.8 Å². The zero-order valence-electron chi connectivity index (χ0n) is 15.5. The van der Waals surface area contributed by atoms with Crippen LogP contribution in [-0.4, -0.2) is 41.5 Å². The summed E-state index contributed by atoms with van der Waals surface area (Å²) in [5, 5.41) is 14.2. The van der Waals surface area contributed by atoms with Crippen molar-refractivity contribution in [3.8, 4) is 11.5 Å². The highest BCUT2D eigenvalue weighted by Crippen LogP contribution is 2.25. The molecule has 2 N–H and O–H groups in total. The lowest BCUT2D eigenvalue weighted by atomic mass is 10.2. The molecule has 0 fully saturated rings. The number of aromatic nitrogens is 3. The van der Waals surface area contributed by atoms with Crippen LogP contribution in [0.4, 0.5) is 8.78 Å². The molecule has 1 aromatic heterocycles. The van der Waals surface area contributed by atoms with Gasteiger partial charge >= 0.3 is 6.61 Å². The van der Waals surface area contributed by atoms with E-state index in [0.717, 1.165) is 11.6 Å². The van der Waals surface area contributed by atoms with Gasteiger partial charge in [-0.2, -0.15) is 8.78 Å². The number of hydrogen-bond acceptors (Lipinski definition) is 5. The van der Waals surface area contributed by atoms with Crippen LogP contribution in [-0.2, 0) is 20.1 Å². The zero-order chi connectivity index (χ0) is 19.1. The van der Waals surface area contributed by atoms with Crippen molar-refractivity contribution in [1.82, 2.24) is 25.4 Å². The van der Waals surface area contributed by atoms with Crippen LogP contribution in [0, 0.1) is 6.92 Å². The van der Waals surface area contributed by atoms with Crippen LogP contribution in [0.25, 0.3) is 0 Å². The molecule has 11 heteroatoms. The van der Waals surface area contributed by atoms with E-state index in [9.17, 15) is 8.78 Å². The average molecular weight is 496 g/mol. The molecule has 8 nitrogen and oxygen atoms in total. The van der Waals surface area contributed by atoms with Crippen molar-refractivity contribution >= 4 is 29.9 Å². The summed E-state index contributed by atoms with van der Waals surface area (Å²) in [6, 6.07) is 4.63. The minimum atomic E-state index is -2.90. The van der Waals surface area contributed by atoms with Crippen molar-refractivity contribution in [2.24, 2.45) is 12.0 Å². The summed E-state index contributed by atoms with van der Waals surface area (Å²) >= 11 is 0. The summed E-state index contributed by atoms with van der Waals surface area (Å²) < 4.78 is 36.7. The minimum absolute atomic E-state index is 0. The molecule has 0 amide bonds. The van der Waals surface area contributed by atoms with Gasteiger partial charge in [-0.3, -0.25) is 4.99 Å². The van der Waals surface area contributed by atoms with Crippen molar-refractivity contribution < 1.29 is 18.3 Å². The first-order valence-corrected chi connectivity index (χ1v) is 7.85. The SMILES string of the molecule is CN=C(NCc1cc(OC)ccc1OC(F)F)NCc1nnc(C)n1C.I. The maximum atomic E-state index is 12.6. The molecule has 0 bridgehead atoms. The Bertz CT molecular complexity index is 769. The van der Waals surface area contributed by atoms with E-state index in [1.54, 1.807) is 19.2 Å². The van der Waals surface area contributed by atoms with Gasteiger partial charge in [0.1, 0.15) is 17.3 Å². The van der Waals surface area contributed by atoms with Crippen LogP contribution >= 0.6 is 24.0 Å². The third-order valence-electron chi connectivity index (χ3n) is 3.75. The van der Waals surface area contributed by atoms with E-state index in [2.05, 4.69) is 30.6 Å². The number of halogens is 3. The first kappa shape index (κ1) is 22.9. The quantitative estimate of drug-likeness (QED) is 0.348. The van der Waals surface area contributed by atoms with E-state index in [0.29, 0.717) is 23.8 Å². The number of aryl methyl sites for hydroxylation is 1. The molecule has 0 spiro atoms. The minimum Gasteiger partial charge on any atom is -0.497 e. The molecule has 0 saturated carbocycles. The average Bonchev–Trinajstić information content (AvgIpc) is 2.94. The second kappa shape index (κ2) is 10.8. The van der Waals surface area contributed by atoms with Crippen LogP contribution in [0.15, 0.2) is 23.2 Å². The van der Waals surface area contributed by atoms with Gasteiger partial charge in [0.2, 0.25) is 0 Å². The summed E-state index contributed by atoms with van der Waals surface area (Å²) in [4.78, 5) is 4.10. The molecular formula is C16H23F2IN6O2. The van der Waals surface area contributed by atoms with E-state index in [4.69, 9.17) is 4.74 Å². The topological polar surface area (TPSA) is 85.6 Å². The molecule has 2 aromatic rings. The molecule has 0 unspecified atom stereocenters. The second-order valence-corrected chi connectivity index (χ2v) is 5.35. The maximum Gasteiger partial charge on any atom is 0.387 e. The number of nitrogens with zero attached hydrogens (tertiary/aromatic N) is 4. The summed E-state index contributed by atoms with van der Waals surface area (Å²) in [6.45, 7) is -0.415. The lowest BCUT2D eigenvalue weighted by Crippen LogP contribution is -2.37. The van der Waals surface area contributed by atoms with E-state index in [-0.39, 0.29) is 36.3 Å². The van der Waals surface area contributed by atoms with Gasteiger partial charge in [0.05, 0.1) is 13.7 Å². The van der Waals surface area contributed by atoms with Crippen molar-refractivity contribution in [3.05, 3.63) is 35.4 Å². The Morgan fingerprint density at radius 2 is 1.96 bits per heavy atom. The predicted molar refractivity (Wildman–Crippen MR) is 108 cm³/mol. The molecule has 2 rings (SSSR count). The molecule has 27 heavy (non-hydrogen) atoms. The third kappa shape index (κ3) is 6.48. The Labute approximate surface area is 173 Å². The monoisotopic (exact) mass is 496 g/mol. The number of alkyl halides is 2. The van der Waals surface area contributed by atoms with Crippen LogP contribution in [0.3, 0.4) is 0 Å². The molecule has 0 aliphatic rings. The van der Waals surface area contributed by atoms with E-state index in [1.165, 1.54) is 13.2 Å². The summed E-state index contributed by atoms with van der Waals surface area (Å²) in [5.41, 5.74) is 0.516. The van der Waals surface area contributed by atoms with Gasteiger partial charge in [-0.05, 0) is 25.1 Å². The first-order chi connectivity index (χ1) is 12.4. The number of hydrogen-bond donors (Lipinski definition) is 2. The molecule has 1 heterocycles. The fourth-order valence-corrected chi connectivity index (χ4v) is 2.20. The highest BCUT2D eigenvalue weighted by atomic mass is 127. The number of guanidine groups is 1. The fourth-order valence-electron chi connectivity index (χ4n) is 2.20. The van der Waals surface area contributed by atoms with E-state index in [1.807, 2.05) is 18.5 Å². The van der Waals surface area contributed by atoms with Gasteiger partial charge < -0.3 is 24.7 Å². The van der Waals surface area contributed by atoms with Crippen LogP contribution in [0.1, 0.15) is 17.2 Å². The summed E-state index contributed by atoms with van der Waals surface area (Å²) in [6.07, 6.45) is 0. The molecule has 0 aliphatic heterocycles. The predicted octanol–water partition coefficient (Wildman–Crippen LogP) is 2.22. The normalized spacial score (nSPS) is 11.1. The first-order valence-electron chi connectivity index (χ1n) is 7.85. The maximum absolute atomic E-state index is 12.6. The van der Waals surface area contributed by atoms with Gasteiger partial charge in [0.25, 0.3) is 0 Å². The van der Waals surface area contributed by atoms with Crippen LogP contribution < -0.4 is 20.1 Å². The largest absolute Gasteiger partial charge is 0.497 e. The molecule has 1 aromatic carbocycles. The number of nitrogens with one attached hydrogen (secondary N) is 2. The van der Waals surface area contributed by atoms with Crippen LogP contribution in [0.2, 0.25) is 0 Å². The lowest BCUT2D eigenvalue weighted by Gasteiger charge is -2.15. The summed E-state index contributed by atoms with van der Waals surface area (Å²) in [5.74, 6) is 2.65. The van der Waals surface area contributed by atoms with Crippen molar-refractivity contribution in [3.63, 3.8) is 0 Å². The zero-order valence-corrected chi connectivity index (χ0v) is 17.8. The Morgan fingerprint density at radius 3 is 2.52 bits per heavy atom. The highest BCUT2D eigenvalue weighted by Gasteiger charge is 2.12. The Morgan fingerprint density at radius 1 is 1.26 bits per heavy atom. The van der Waals surface area contributed by atoms with Crippen molar-refractivity contribution in [2.45, 2.75) is 26.6 Å². The Balaban J connectivity index is 0.00000364. The third-order valence-corrected chi connectivity index (χ3v) is 3.75. The molecule has 0 aliphatic carbocycles. The van der Waals surface area contributed by atoms with Crippen LogP contribution in [0.5, 0.6) is 11.5 Å². The number of aliphatic imine (C=N–C) groups is 1. The molecule has 0 radical (unpaired) electrons.